The molecular weight excluding hydrogens is 269 g/mol. The normalized spacial score (nSPS) is 20.6. The van der Waals surface area contributed by atoms with Crippen molar-refractivity contribution in [3.8, 4) is 0 Å². The topological polar surface area (TPSA) is 42.7 Å². The molecule has 0 radical (unpaired) electrons. The number of nitrogens with one attached hydrogen (secondary N) is 1. The van der Waals surface area contributed by atoms with Gasteiger partial charge < -0.3 is 5.32 Å². The van der Waals surface area contributed by atoms with Crippen LogP contribution in [0.4, 0.5) is 13.2 Å². The molecule has 1 saturated heterocycles. The number of halogens is 3. The van der Waals surface area contributed by atoms with Gasteiger partial charge >= 0.3 is 6.18 Å². The van der Waals surface area contributed by atoms with Crippen LogP contribution < -0.4 is 5.32 Å². The molecule has 0 bridgehead atoms. The summed E-state index contributed by atoms with van der Waals surface area (Å²) in [6, 6.07) is -0.112. The fraction of sp³-hybridized carbons (Fsp3) is 0.846. The fourth-order valence-corrected chi connectivity index (χ4v) is 2.47. The summed E-state index contributed by atoms with van der Waals surface area (Å²) in [7, 11) is 0. The molecule has 0 spiro atoms. The van der Waals surface area contributed by atoms with Crippen molar-refractivity contribution >= 4 is 0 Å². The van der Waals surface area contributed by atoms with Gasteiger partial charge in [-0.15, -0.1) is 0 Å². The molecule has 2 heterocycles. The predicted octanol–water partition coefficient (Wildman–Crippen LogP) is 2.85. The molecule has 1 aromatic rings. The van der Waals surface area contributed by atoms with Crippen molar-refractivity contribution in [3.05, 3.63) is 11.6 Å². The highest BCUT2D eigenvalue weighted by molar-refractivity contribution is 5.01. The van der Waals surface area contributed by atoms with Gasteiger partial charge in [0.15, 0.2) is 5.82 Å². The molecule has 0 aromatic carbocycles. The van der Waals surface area contributed by atoms with Gasteiger partial charge in [-0.1, -0.05) is 20.3 Å². The number of aromatic nitrogens is 3. The molecule has 2 rings (SSSR count). The number of rotatable bonds is 4. The van der Waals surface area contributed by atoms with Crippen molar-refractivity contribution in [3.63, 3.8) is 0 Å². The van der Waals surface area contributed by atoms with Gasteiger partial charge in [0.2, 0.25) is 0 Å². The van der Waals surface area contributed by atoms with Crippen molar-refractivity contribution in [2.45, 2.75) is 58.3 Å². The Morgan fingerprint density at radius 3 is 2.65 bits per heavy atom. The second-order valence-corrected chi connectivity index (χ2v) is 5.76. The van der Waals surface area contributed by atoms with Gasteiger partial charge in [-0.3, -0.25) is 0 Å². The summed E-state index contributed by atoms with van der Waals surface area (Å²) < 4.78 is 39.0. The molecule has 0 unspecified atom stereocenters. The van der Waals surface area contributed by atoms with E-state index in [1.807, 2.05) is 13.8 Å². The van der Waals surface area contributed by atoms with Gasteiger partial charge in [0.05, 0.1) is 6.04 Å². The Labute approximate surface area is 116 Å². The molecule has 1 aliphatic rings. The molecule has 0 amide bonds. The lowest BCUT2D eigenvalue weighted by atomic mass is 10.0. The van der Waals surface area contributed by atoms with E-state index in [0.29, 0.717) is 24.0 Å². The van der Waals surface area contributed by atoms with Crippen LogP contribution in [0.2, 0.25) is 0 Å². The maximum absolute atomic E-state index is 12.7. The first-order chi connectivity index (χ1) is 9.35. The first-order valence-corrected chi connectivity index (χ1v) is 7.09. The highest BCUT2D eigenvalue weighted by Crippen LogP contribution is 2.25. The van der Waals surface area contributed by atoms with Crippen molar-refractivity contribution in [1.82, 2.24) is 20.1 Å². The van der Waals surface area contributed by atoms with Crippen molar-refractivity contribution in [2.24, 2.45) is 5.92 Å². The maximum Gasteiger partial charge on any atom is 0.408 e. The van der Waals surface area contributed by atoms with Gasteiger partial charge in [-0.05, 0) is 25.3 Å². The molecule has 1 N–H and O–H groups in total. The third kappa shape index (κ3) is 4.19. The zero-order valence-electron chi connectivity index (χ0n) is 11.9. The quantitative estimate of drug-likeness (QED) is 0.927. The summed E-state index contributed by atoms with van der Waals surface area (Å²) in [6.45, 7) is 3.76. The van der Waals surface area contributed by atoms with Crippen LogP contribution in [-0.4, -0.2) is 27.5 Å². The monoisotopic (exact) mass is 290 g/mol. The highest BCUT2D eigenvalue weighted by Gasteiger charge is 2.32. The smallest absolute Gasteiger partial charge is 0.307 e. The zero-order valence-corrected chi connectivity index (χ0v) is 11.9. The first kappa shape index (κ1) is 15.3. The summed E-state index contributed by atoms with van der Waals surface area (Å²) >= 11 is 0. The number of alkyl halides is 3. The number of piperidine rings is 1. The van der Waals surface area contributed by atoms with Crippen LogP contribution in [0.3, 0.4) is 0 Å². The summed E-state index contributed by atoms with van der Waals surface area (Å²) in [5.74, 6) is 1.26. The Hall–Kier alpha value is -1.11. The molecular formula is C13H21F3N4. The Morgan fingerprint density at radius 1 is 1.35 bits per heavy atom. The highest BCUT2D eigenvalue weighted by atomic mass is 19.4. The first-order valence-electron chi connectivity index (χ1n) is 7.09. The van der Waals surface area contributed by atoms with Crippen LogP contribution in [0.5, 0.6) is 0 Å². The predicted molar refractivity (Wildman–Crippen MR) is 69.2 cm³/mol. The number of nitrogens with zero attached hydrogens (tertiary/aromatic N) is 3. The minimum Gasteiger partial charge on any atom is -0.307 e. The minimum absolute atomic E-state index is 0.112. The molecule has 7 heteroatoms. The molecule has 1 aliphatic heterocycles. The SMILES string of the molecule is CC(C)Cc1nc([C@@H]2CCCCN2)n(CC(F)(F)F)n1. The van der Waals surface area contributed by atoms with Gasteiger partial charge in [0.1, 0.15) is 12.4 Å². The third-order valence-corrected chi connectivity index (χ3v) is 3.29. The van der Waals surface area contributed by atoms with Gasteiger partial charge in [-0.2, -0.15) is 18.3 Å². The number of hydrogen-bond donors (Lipinski definition) is 1. The Kier molecular flexibility index (Phi) is 4.67. The van der Waals surface area contributed by atoms with E-state index in [0.717, 1.165) is 30.5 Å². The van der Waals surface area contributed by atoms with Gasteiger partial charge in [0.25, 0.3) is 0 Å². The second-order valence-electron chi connectivity index (χ2n) is 5.76. The summed E-state index contributed by atoms with van der Waals surface area (Å²) in [4.78, 5) is 4.35. The summed E-state index contributed by atoms with van der Waals surface area (Å²) in [5.41, 5.74) is 0. The molecule has 4 nitrogen and oxygen atoms in total. The van der Waals surface area contributed by atoms with Crippen molar-refractivity contribution < 1.29 is 13.2 Å². The van der Waals surface area contributed by atoms with Crippen LogP contribution in [-0.2, 0) is 13.0 Å². The van der Waals surface area contributed by atoms with Crippen LogP contribution in [0.15, 0.2) is 0 Å². The van der Waals surface area contributed by atoms with Crippen LogP contribution >= 0.6 is 0 Å². The standard InChI is InChI=1S/C13H21F3N4/c1-9(2)7-11-18-12(10-5-3-4-6-17-10)20(19-11)8-13(14,15)16/h9-10,17H,3-8H2,1-2H3/t10-/m0/s1. The van der Waals surface area contributed by atoms with E-state index < -0.39 is 12.7 Å². The average Bonchev–Trinajstić information content (AvgIpc) is 2.69. The third-order valence-electron chi connectivity index (χ3n) is 3.29. The molecule has 1 aromatic heterocycles. The van der Waals surface area contributed by atoms with E-state index in [1.54, 1.807) is 0 Å². The van der Waals surface area contributed by atoms with Crippen LogP contribution in [0.25, 0.3) is 0 Å². The summed E-state index contributed by atoms with van der Waals surface area (Å²) in [6.07, 6.45) is -0.784. The summed E-state index contributed by atoms with van der Waals surface area (Å²) in [5, 5.41) is 7.29. The van der Waals surface area contributed by atoms with Crippen molar-refractivity contribution in [1.29, 1.82) is 0 Å². The van der Waals surface area contributed by atoms with E-state index in [9.17, 15) is 13.2 Å². The average molecular weight is 290 g/mol. The molecule has 1 atom stereocenters. The zero-order chi connectivity index (χ0) is 14.8. The lowest BCUT2D eigenvalue weighted by Crippen LogP contribution is -2.31. The fourth-order valence-electron chi connectivity index (χ4n) is 2.47. The molecule has 0 saturated carbocycles. The maximum atomic E-state index is 12.7. The van der Waals surface area contributed by atoms with E-state index >= 15 is 0 Å². The number of hydrogen-bond acceptors (Lipinski definition) is 3. The molecule has 0 aliphatic carbocycles. The van der Waals surface area contributed by atoms with E-state index in [-0.39, 0.29) is 6.04 Å². The Balaban J connectivity index is 2.23. The lowest BCUT2D eigenvalue weighted by molar-refractivity contribution is -0.143. The van der Waals surface area contributed by atoms with E-state index in [2.05, 4.69) is 15.4 Å². The van der Waals surface area contributed by atoms with Crippen molar-refractivity contribution in [2.75, 3.05) is 6.54 Å². The molecule has 20 heavy (non-hydrogen) atoms. The Morgan fingerprint density at radius 2 is 2.10 bits per heavy atom. The van der Waals surface area contributed by atoms with E-state index in [4.69, 9.17) is 0 Å². The van der Waals surface area contributed by atoms with Crippen LogP contribution in [0.1, 0.15) is 50.8 Å². The lowest BCUT2D eigenvalue weighted by Gasteiger charge is -2.23. The van der Waals surface area contributed by atoms with Gasteiger partial charge in [-0.25, -0.2) is 9.67 Å². The van der Waals surface area contributed by atoms with Crippen LogP contribution in [0, 0.1) is 5.92 Å². The minimum atomic E-state index is -4.27. The Bertz CT molecular complexity index is 433. The molecule has 1 fully saturated rings. The largest absolute Gasteiger partial charge is 0.408 e. The second kappa shape index (κ2) is 6.11. The molecule has 114 valence electrons. The van der Waals surface area contributed by atoms with E-state index in [1.165, 1.54) is 0 Å². The van der Waals surface area contributed by atoms with Gasteiger partial charge in [0, 0.05) is 6.42 Å².